The van der Waals surface area contributed by atoms with Gasteiger partial charge in [0.25, 0.3) is 5.91 Å². The Kier molecular flexibility index (Phi) is 5.51. The number of carboxylic acid groups (broad SMARTS) is 1. The predicted octanol–water partition coefficient (Wildman–Crippen LogP) is 2.99. The maximum atomic E-state index is 12.8. The Hall–Kier alpha value is -2.89. The summed E-state index contributed by atoms with van der Waals surface area (Å²) in [7, 11) is 0. The molecular weight excluding hydrogens is 332 g/mol. The largest absolute Gasteiger partial charge is 0.489 e. The van der Waals surface area contributed by atoms with Gasteiger partial charge in [-0.15, -0.1) is 0 Å². The van der Waals surface area contributed by atoms with Crippen molar-refractivity contribution in [2.45, 2.75) is 32.4 Å². The van der Waals surface area contributed by atoms with Crippen LogP contribution >= 0.6 is 0 Å². The van der Waals surface area contributed by atoms with Gasteiger partial charge in [-0.2, -0.15) is 0 Å². The van der Waals surface area contributed by atoms with Gasteiger partial charge < -0.3 is 14.7 Å². The van der Waals surface area contributed by atoms with Crippen LogP contribution in [0.15, 0.2) is 48.8 Å². The fourth-order valence-electron chi connectivity index (χ4n) is 3.27. The van der Waals surface area contributed by atoms with Crippen LogP contribution in [0.1, 0.15) is 35.7 Å². The molecule has 0 bridgehead atoms. The van der Waals surface area contributed by atoms with Crippen molar-refractivity contribution in [1.82, 2.24) is 9.88 Å². The first-order valence-electron chi connectivity index (χ1n) is 8.72. The lowest BCUT2D eigenvalue weighted by Crippen LogP contribution is -2.49. The molecule has 0 radical (unpaired) electrons. The summed E-state index contributed by atoms with van der Waals surface area (Å²) in [6.07, 6.45) is 4.75. The molecule has 1 aromatic heterocycles. The highest BCUT2D eigenvalue weighted by Gasteiger charge is 2.35. The van der Waals surface area contributed by atoms with Gasteiger partial charge in [0.2, 0.25) is 0 Å². The van der Waals surface area contributed by atoms with Gasteiger partial charge in [0.05, 0.1) is 5.92 Å². The molecule has 0 spiro atoms. The molecule has 0 unspecified atom stereocenters. The minimum absolute atomic E-state index is 0.135. The number of amides is 1. The molecule has 2 atom stereocenters. The zero-order valence-electron chi connectivity index (χ0n) is 14.7. The van der Waals surface area contributed by atoms with E-state index in [9.17, 15) is 14.7 Å². The van der Waals surface area contributed by atoms with Gasteiger partial charge in [-0.25, -0.2) is 0 Å². The second kappa shape index (κ2) is 7.99. The molecule has 26 heavy (non-hydrogen) atoms. The monoisotopic (exact) mass is 354 g/mol. The van der Waals surface area contributed by atoms with Gasteiger partial charge in [0.15, 0.2) is 0 Å². The summed E-state index contributed by atoms with van der Waals surface area (Å²) >= 11 is 0. The van der Waals surface area contributed by atoms with Crippen LogP contribution in [0.3, 0.4) is 0 Å². The molecule has 1 fully saturated rings. The second-order valence-corrected chi connectivity index (χ2v) is 6.49. The van der Waals surface area contributed by atoms with Crippen molar-refractivity contribution in [3.8, 4) is 5.75 Å². The van der Waals surface area contributed by atoms with E-state index >= 15 is 0 Å². The van der Waals surface area contributed by atoms with E-state index in [-0.39, 0.29) is 11.9 Å². The average Bonchev–Trinajstić information content (AvgIpc) is 2.67. The average molecular weight is 354 g/mol. The van der Waals surface area contributed by atoms with Gasteiger partial charge in [-0.05, 0) is 61.7 Å². The summed E-state index contributed by atoms with van der Waals surface area (Å²) < 4.78 is 5.71. The predicted molar refractivity (Wildman–Crippen MR) is 95.9 cm³/mol. The lowest BCUT2D eigenvalue weighted by Gasteiger charge is -2.37. The second-order valence-electron chi connectivity index (χ2n) is 6.49. The Morgan fingerprint density at radius 2 is 1.88 bits per heavy atom. The zero-order valence-corrected chi connectivity index (χ0v) is 14.7. The standard InChI is InChI=1S/C20H22N2O4/c1-14-18(20(24)25)3-2-12-22(14)19(23)16-4-6-17(7-5-16)26-13-15-8-10-21-11-9-15/h4-11,14,18H,2-3,12-13H2,1H3,(H,24,25)/t14-,18-/m1/s1. The van der Waals surface area contributed by atoms with E-state index in [1.165, 1.54) is 0 Å². The molecule has 2 heterocycles. The topological polar surface area (TPSA) is 79.7 Å². The number of carbonyl (C=O) groups is 2. The van der Waals surface area contributed by atoms with Gasteiger partial charge in [-0.3, -0.25) is 14.6 Å². The number of carboxylic acids is 1. The summed E-state index contributed by atoms with van der Waals surface area (Å²) in [4.78, 5) is 29.7. The number of pyridine rings is 1. The Balaban J connectivity index is 1.64. The van der Waals surface area contributed by atoms with Crippen LogP contribution in [0.5, 0.6) is 5.75 Å². The lowest BCUT2D eigenvalue weighted by atomic mass is 9.90. The Morgan fingerprint density at radius 1 is 1.19 bits per heavy atom. The highest BCUT2D eigenvalue weighted by Crippen LogP contribution is 2.26. The van der Waals surface area contributed by atoms with Crippen molar-refractivity contribution in [2.24, 2.45) is 5.92 Å². The van der Waals surface area contributed by atoms with E-state index in [1.807, 2.05) is 19.1 Å². The third-order valence-electron chi connectivity index (χ3n) is 4.82. The SMILES string of the molecule is C[C@@H]1[C@H](C(=O)O)CCCN1C(=O)c1ccc(OCc2ccncc2)cc1. The van der Waals surface area contributed by atoms with E-state index < -0.39 is 11.9 Å². The van der Waals surface area contributed by atoms with Gasteiger partial charge in [0, 0.05) is 30.5 Å². The number of nitrogens with zero attached hydrogens (tertiary/aromatic N) is 2. The molecule has 1 amide bonds. The molecule has 0 aliphatic carbocycles. The molecular formula is C20H22N2O4. The number of hydrogen-bond donors (Lipinski definition) is 1. The highest BCUT2D eigenvalue weighted by atomic mass is 16.5. The van der Waals surface area contributed by atoms with Crippen LogP contribution in [0.4, 0.5) is 0 Å². The Bertz CT molecular complexity index is 761. The number of piperidine rings is 1. The zero-order chi connectivity index (χ0) is 18.5. The van der Waals surface area contributed by atoms with Crippen molar-refractivity contribution < 1.29 is 19.4 Å². The Morgan fingerprint density at radius 3 is 2.54 bits per heavy atom. The van der Waals surface area contributed by atoms with Crippen molar-refractivity contribution in [1.29, 1.82) is 0 Å². The van der Waals surface area contributed by atoms with E-state index in [1.54, 1.807) is 41.6 Å². The first-order chi connectivity index (χ1) is 12.6. The van der Waals surface area contributed by atoms with Crippen molar-refractivity contribution in [3.63, 3.8) is 0 Å². The molecule has 2 aromatic rings. The van der Waals surface area contributed by atoms with Crippen LogP contribution in [-0.4, -0.2) is 39.5 Å². The van der Waals surface area contributed by atoms with E-state index in [2.05, 4.69) is 4.98 Å². The highest BCUT2D eigenvalue weighted by molar-refractivity contribution is 5.95. The fraction of sp³-hybridized carbons (Fsp3) is 0.350. The van der Waals surface area contributed by atoms with E-state index in [0.717, 1.165) is 5.56 Å². The smallest absolute Gasteiger partial charge is 0.308 e. The number of aromatic nitrogens is 1. The molecule has 6 nitrogen and oxygen atoms in total. The van der Waals surface area contributed by atoms with E-state index in [0.29, 0.717) is 37.3 Å². The third kappa shape index (κ3) is 4.02. The molecule has 1 aliphatic rings. The summed E-state index contributed by atoms with van der Waals surface area (Å²) in [5, 5.41) is 9.31. The number of hydrogen-bond acceptors (Lipinski definition) is 4. The third-order valence-corrected chi connectivity index (χ3v) is 4.82. The number of rotatable bonds is 5. The van der Waals surface area contributed by atoms with Crippen LogP contribution in [0.25, 0.3) is 0 Å². The van der Waals surface area contributed by atoms with Gasteiger partial charge in [-0.1, -0.05) is 0 Å². The van der Waals surface area contributed by atoms with Gasteiger partial charge in [0.1, 0.15) is 12.4 Å². The number of benzene rings is 1. The maximum Gasteiger partial charge on any atom is 0.308 e. The van der Waals surface area contributed by atoms with Crippen LogP contribution in [0, 0.1) is 5.92 Å². The summed E-state index contributed by atoms with van der Waals surface area (Å²) in [6, 6.07) is 10.4. The fourth-order valence-corrected chi connectivity index (χ4v) is 3.27. The van der Waals surface area contributed by atoms with E-state index in [4.69, 9.17) is 4.74 Å². The minimum atomic E-state index is -0.838. The summed E-state index contributed by atoms with van der Waals surface area (Å²) in [5.74, 6) is -0.803. The van der Waals surface area contributed by atoms with Crippen molar-refractivity contribution >= 4 is 11.9 Å². The first kappa shape index (κ1) is 17.9. The van der Waals surface area contributed by atoms with Crippen molar-refractivity contribution in [3.05, 3.63) is 59.9 Å². The first-order valence-corrected chi connectivity index (χ1v) is 8.72. The number of carbonyl (C=O) groups excluding carboxylic acids is 1. The normalized spacial score (nSPS) is 19.8. The quantitative estimate of drug-likeness (QED) is 0.893. The molecule has 3 rings (SSSR count). The maximum absolute atomic E-state index is 12.8. The molecule has 136 valence electrons. The summed E-state index contributed by atoms with van der Waals surface area (Å²) in [5.41, 5.74) is 1.56. The molecule has 6 heteroatoms. The lowest BCUT2D eigenvalue weighted by molar-refractivity contribution is -0.144. The number of aliphatic carboxylic acids is 1. The minimum Gasteiger partial charge on any atom is -0.489 e. The van der Waals surface area contributed by atoms with Crippen molar-refractivity contribution in [2.75, 3.05) is 6.54 Å². The number of ether oxygens (including phenoxy) is 1. The molecule has 1 aliphatic heterocycles. The van der Waals surface area contributed by atoms with Gasteiger partial charge >= 0.3 is 5.97 Å². The van der Waals surface area contributed by atoms with Crippen LogP contribution in [-0.2, 0) is 11.4 Å². The summed E-state index contributed by atoms with van der Waals surface area (Å²) in [6.45, 7) is 2.82. The molecule has 1 saturated heterocycles. The number of likely N-dealkylation sites (tertiary alicyclic amines) is 1. The molecule has 0 saturated carbocycles. The molecule has 1 aromatic carbocycles. The van der Waals surface area contributed by atoms with Crippen LogP contribution in [0.2, 0.25) is 0 Å². The van der Waals surface area contributed by atoms with Crippen LogP contribution < -0.4 is 4.74 Å². The Labute approximate surface area is 152 Å². The molecule has 1 N–H and O–H groups in total.